The van der Waals surface area contributed by atoms with Gasteiger partial charge in [-0.05, 0) is 131 Å². The van der Waals surface area contributed by atoms with E-state index in [2.05, 4.69) is 30.2 Å². The number of carbonyl (C=O) groups excluding carboxylic acids is 2. The molecule has 0 radical (unpaired) electrons. The van der Waals surface area contributed by atoms with E-state index in [1.807, 2.05) is 35.7 Å². The van der Waals surface area contributed by atoms with E-state index < -0.39 is 0 Å². The number of rotatable bonds is 10. The van der Waals surface area contributed by atoms with Crippen LogP contribution in [0.3, 0.4) is 0 Å². The lowest BCUT2D eigenvalue weighted by Gasteiger charge is -2.55. The van der Waals surface area contributed by atoms with Crippen LogP contribution in [0.25, 0.3) is 11.1 Å². The van der Waals surface area contributed by atoms with Crippen molar-refractivity contribution in [3.05, 3.63) is 65.7 Å². The lowest BCUT2D eigenvalue weighted by atomic mass is 9.51. The molecule has 1 saturated heterocycles. The van der Waals surface area contributed by atoms with Gasteiger partial charge in [0, 0.05) is 67.1 Å². The molecule has 4 aliphatic carbocycles. The molecule has 5 fully saturated rings. The predicted octanol–water partition coefficient (Wildman–Crippen LogP) is 7.83. The topological polar surface area (TPSA) is 97.1 Å². The number of aliphatic hydroxyl groups is 1. The zero-order valence-corrected chi connectivity index (χ0v) is 30.6. The predicted molar refractivity (Wildman–Crippen MR) is 194 cm³/mol. The van der Waals surface area contributed by atoms with Crippen LogP contribution in [-0.4, -0.2) is 71.2 Å². The maximum Gasteiger partial charge on any atom is 0.410 e. The van der Waals surface area contributed by atoms with E-state index in [1.54, 1.807) is 24.3 Å². The van der Waals surface area contributed by atoms with E-state index in [9.17, 15) is 14.7 Å². The van der Waals surface area contributed by atoms with Crippen LogP contribution in [0.1, 0.15) is 95.2 Å². The fourth-order valence-electron chi connectivity index (χ4n) is 9.14. The molecule has 0 spiro atoms. The molecule has 2 bridgehead atoms. The summed E-state index contributed by atoms with van der Waals surface area (Å²) in [4.78, 5) is 30.9. The fourth-order valence-corrected chi connectivity index (χ4v) is 9.14. The van der Waals surface area contributed by atoms with Crippen LogP contribution in [0, 0.1) is 30.0 Å². The number of methoxy groups -OCH3 is 1. The number of amides is 2. The summed E-state index contributed by atoms with van der Waals surface area (Å²) in [6.45, 7) is 7.92. The monoisotopic (exact) mass is 700 g/mol. The minimum atomic E-state index is -0.336. The second kappa shape index (κ2) is 14.2. The number of aromatic nitrogens is 2. The summed E-state index contributed by atoms with van der Waals surface area (Å²) in [5.74, 6) is 0.583. The zero-order chi connectivity index (χ0) is 35.9. The number of nitrogens with zero attached hydrogens (tertiary/aromatic N) is 4. The Morgan fingerprint density at radius 1 is 1.02 bits per heavy atom. The van der Waals surface area contributed by atoms with Crippen molar-refractivity contribution in [1.29, 1.82) is 0 Å². The SMILES string of the molecule is COc1ccc(C23CCC(CN(C(=O)C4CCC(OC(=O)N5CC(CO)C5)CC4)c4ccc(F)c(-c5cnn(C(C)C)c5)c4)(CC2)CC3)cc1C. The van der Waals surface area contributed by atoms with Gasteiger partial charge < -0.3 is 24.4 Å². The van der Waals surface area contributed by atoms with Crippen molar-refractivity contribution in [3.63, 3.8) is 0 Å². The molecule has 2 aromatic carbocycles. The third-order valence-electron chi connectivity index (χ3n) is 12.6. The van der Waals surface area contributed by atoms with E-state index in [1.165, 1.54) is 11.6 Å². The second-order valence-corrected chi connectivity index (χ2v) is 16.2. The van der Waals surface area contributed by atoms with Crippen molar-refractivity contribution in [2.24, 2.45) is 17.3 Å². The maximum absolute atomic E-state index is 15.4. The number of halogens is 1. The summed E-state index contributed by atoms with van der Waals surface area (Å²) < 4.78 is 28.6. The summed E-state index contributed by atoms with van der Waals surface area (Å²) in [6.07, 6.45) is 11.9. The van der Waals surface area contributed by atoms with Gasteiger partial charge in [-0.2, -0.15) is 5.10 Å². The average molecular weight is 701 g/mol. The van der Waals surface area contributed by atoms with Crippen LogP contribution in [0.2, 0.25) is 0 Å². The first-order chi connectivity index (χ1) is 24.5. The minimum Gasteiger partial charge on any atom is -0.496 e. The summed E-state index contributed by atoms with van der Waals surface area (Å²) in [7, 11) is 1.72. The number of fused-ring (bicyclic) bond motifs is 3. The Labute approximate surface area is 301 Å². The van der Waals surface area contributed by atoms with Crippen LogP contribution in [0.5, 0.6) is 5.75 Å². The van der Waals surface area contributed by atoms with Crippen LogP contribution >= 0.6 is 0 Å². The van der Waals surface area contributed by atoms with Crippen molar-refractivity contribution in [1.82, 2.24) is 14.7 Å². The molecule has 9 nitrogen and oxygen atoms in total. The molecule has 2 heterocycles. The van der Waals surface area contributed by atoms with E-state index in [0.29, 0.717) is 56.4 Å². The van der Waals surface area contributed by atoms with Gasteiger partial charge in [-0.1, -0.05) is 12.1 Å². The van der Waals surface area contributed by atoms with Crippen molar-refractivity contribution in [3.8, 4) is 16.9 Å². The van der Waals surface area contributed by atoms with Crippen molar-refractivity contribution < 1.29 is 28.6 Å². The molecule has 8 rings (SSSR count). The Morgan fingerprint density at radius 3 is 2.33 bits per heavy atom. The number of hydrogen-bond acceptors (Lipinski definition) is 6. The standard InChI is InChI=1S/C41H53FN4O5/c1-27(2)46-24-31(21-43-46)35-20-33(8-11-36(35)42)45(38(48)30-5-9-34(10-6-30)51-39(49)44-22-29(23-44)25-47)26-40-13-16-41(17-14-40,18-15-40)32-7-12-37(50-4)28(3)19-32/h7-8,11-12,19-21,24,27,29-30,34,47H,5-6,9-10,13-18,22-23,25-26H2,1-4H3. The summed E-state index contributed by atoms with van der Waals surface area (Å²) in [5, 5.41) is 13.8. The normalized spacial score (nSPS) is 26.2. The Bertz CT molecular complexity index is 1720. The maximum atomic E-state index is 15.4. The van der Waals surface area contributed by atoms with Gasteiger partial charge in [-0.15, -0.1) is 0 Å². The van der Waals surface area contributed by atoms with Crippen LogP contribution in [-0.2, 0) is 14.9 Å². The van der Waals surface area contributed by atoms with Crippen LogP contribution < -0.4 is 9.64 Å². The average Bonchev–Trinajstić information content (AvgIpc) is 3.62. The fraction of sp³-hybridized carbons (Fsp3) is 0.585. The first kappa shape index (κ1) is 35.5. The number of anilines is 1. The van der Waals surface area contributed by atoms with Gasteiger partial charge in [0.2, 0.25) is 5.91 Å². The molecule has 5 aliphatic rings. The van der Waals surface area contributed by atoms with E-state index >= 15 is 4.39 Å². The van der Waals surface area contributed by atoms with E-state index in [-0.39, 0.29) is 59.2 Å². The van der Waals surface area contributed by atoms with Crippen molar-refractivity contribution >= 4 is 17.7 Å². The number of hydrogen-bond donors (Lipinski definition) is 1. The Balaban J connectivity index is 1.10. The zero-order valence-electron chi connectivity index (χ0n) is 30.6. The third-order valence-corrected chi connectivity index (χ3v) is 12.6. The Kier molecular flexibility index (Phi) is 9.91. The molecule has 1 aromatic heterocycles. The Morgan fingerprint density at radius 2 is 1.73 bits per heavy atom. The molecule has 274 valence electrons. The van der Waals surface area contributed by atoms with Crippen LogP contribution in [0.4, 0.5) is 14.9 Å². The number of ether oxygens (including phenoxy) is 2. The van der Waals surface area contributed by atoms with Gasteiger partial charge >= 0.3 is 6.09 Å². The van der Waals surface area contributed by atoms with Gasteiger partial charge in [0.15, 0.2) is 0 Å². The number of aryl methyl sites for hydroxylation is 1. The Hall–Kier alpha value is -3.92. The number of aliphatic hydroxyl groups excluding tert-OH is 1. The van der Waals surface area contributed by atoms with Gasteiger partial charge in [-0.25, -0.2) is 9.18 Å². The minimum absolute atomic E-state index is 0.00756. The highest BCUT2D eigenvalue weighted by atomic mass is 19.1. The van der Waals surface area contributed by atoms with Crippen LogP contribution in [0.15, 0.2) is 48.8 Å². The first-order valence-electron chi connectivity index (χ1n) is 18.9. The molecule has 51 heavy (non-hydrogen) atoms. The molecule has 4 saturated carbocycles. The molecule has 2 amide bonds. The molecule has 1 N–H and O–H groups in total. The second-order valence-electron chi connectivity index (χ2n) is 16.2. The summed E-state index contributed by atoms with van der Waals surface area (Å²) in [6, 6.07) is 11.9. The highest BCUT2D eigenvalue weighted by Gasteiger charge is 2.51. The molecule has 1 aliphatic heterocycles. The van der Waals surface area contributed by atoms with Gasteiger partial charge in [0.05, 0.1) is 13.3 Å². The molecular formula is C41H53FN4O5. The molecule has 0 atom stereocenters. The number of likely N-dealkylation sites (tertiary alicyclic amines) is 1. The quantitative estimate of drug-likeness (QED) is 0.232. The van der Waals surface area contributed by atoms with Gasteiger partial charge in [0.1, 0.15) is 17.7 Å². The van der Waals surface area contributed by atoms with E-state index in [0.717, 1.165) is 55.5 Å². The summed E-state index contributed by atoms with van der Waals surface area (Å²) in [5.41, 5.74) is 4.56. The number of benzene rings is 2. The third kappa shape index (κ3) is 7.00. The van der Waals surface area contributed by atoms with Gasteiger partial charge in [0.25, 0.3) is 0 Å². The number of carbonyl (C=O) groups is 2. The first-order valence-corrected chi connectivity index (χ1v) is 18.9. The van der Waals surface area contributed by atoms with Crippen molar-refractivity contribution in [2.45, 2.75) is 103 Å². The molecule has 0 unspecified atom stereocenters. The smallest absolute Gasteiger partial charge is 0.410 e. The molecule has 3 aromatic rings. The highest BCUT2D eigenvalue weighted by molar-refractivity contribution is 5.96. The van der Waals surface area contributed by atoms with Gasteiger partial charge in [-0.3, -0.25) is 9.48 Å². The van der Waals surface area contributed by atoms with Crippen molar-refractivity contribution in [2.75, 3.05) is 38.3 Å². The molecule has 10 heteroatoms. The van der Waals surface area contributed by atoms with E-state index in [4.69, 9.17) is 9.47 Å². The largest absolute Gasteiger partial charge is 0.496 e. The lowest BCUT2D eigenvalue weighted by Crippen LogP contribution is -2.52. The molecular weight excluding hydrogens is 647 g/mol. The highest BCUT2D eigenvalue weighted by Crippen LogP contribution is 2.58. The summed E-state index contributed by atoms with van der Waals surface area (Å²) >= 11 is 0. The lowest BCUT2D eigenvalue weighted by molar-refractivity contribution is -0.124.